The Balaban J connectivity index is 1.02. The number of H-pyrrole nitrogens is 1. The normalized spacial score (nSPS) is 15.5. The lowest BCUT2D eigenvalue weighted by molar-refractivity contribution is 0.0706. The van der Waals surface area contributed by atoms with Gasteiger partial charge in [-0.15, -0.1) is 0 Å². The number of nitrogens with one attached hydrogen (secondary N) is 3. The van der Waals surface area contributed by atoms with Crippen LogP contribution in [0, 0.1) is 0 Å². The van der Waals surface area contributed by atoms with E-state index in [9.17, 15) is 9.90 Å². The van der Waals surface area contributed by atoms with Gasteiger partial charge in [-0.05, 0) is 49.6 Å². The number of aromatic amines is 1. The Hall–Kier alpha value is -3.65. The molecule has 3 aromatic carbocycles. The molecule has 2 heterocycles. The number of urea groups is 1. The summed E-state index contributed by atoms with van der Waals surface area (Å²) in [6, 6.07) is 26.3. The number of aliphatic hydroxyl groups is 1. The minimum absolute atomic E-state index is 0.126. The lowest BCUT2D eigenvalue weighted by Gasteiger charge is -2.34. The number of carbonyl (C=O) groups is 1. The largest absolute Gasteiger partial charge is 0.390 e. The molecule has 204 valence electrons. The zero-order valence-corrected chi connectivity index (χ0v) is 22.6. The highest BCUT2D eigenvalue weighted by Gasteiger charge is 2.23. The van der Waals surface area contributed by atoms with E-state index in [-0.39, 0.29) is 12.1 Å². The van der Waals surface area contributed by atoms with Crippen LogP contribution in [0.1, 0.15) is 18.4 Å². The summed E-state index contributed by atoms with van der Waals surface area (Å²) in [6.45, 7) is 3.92. The van der Waals surface area contributed by atoms with Gasteiger partial charge in [0.25, 0.3) is 0 Å². The Morgan fingerprint density at radius 1 is 1.03 bits per heavy atom. The molecule has 1 aliphatic rings. The lowest BCUT2D eigenvalue weighted by Crippen LogP contribution is -2.48. The predicted molar refractivity (Wildman–Crippen MR) is 159 cm³/mol. The predicted octanol–water partition coefficient (Wildman–Crippen LogP) is 4.96. The first-order valence-corrected chi connectivity index (χ1v) is 13.9. The molecule has 0 radical (unpaired) electrons. The summed E-state index contributed by atoms with van der Waals surface area (Å²) in [5.41, 5.74) is 5.36. The van der Waals surface area contributed by atoms with Gasteiger partial charge in [-0.2, -0.15) is 0 Å². The molecular formula is C32H39N5O2. The van der Waals surface area contributed by atoms with Gasteiger partial charge in [0.1, 0.15) is 0 Å². The maximum Gasteiger partial charge on any atom is 0.319 e. The van der Waals surface area contributed by atoms with Crippen LogP contribution in [0.5, 0.6) is 0 Å². The van der Waals surface area contributed by atoms with Crippen molar-refractivity contribution in [3.05, 3.63) is 90.6 Å². The van der Waals surface area contributed by atoms with Gasteiger partial charge in [-0.1, -0.05) is 66.7 Å². The number of nitrogens with zero attached hydrogens (tertiary/aromatic N) is 2. The number of likely N-dealkylation sites (tertiary alicyclic amines) is 1. The number of amides is 2. The topological polar surface area (TPSA) is 83.6 Å². The second kappa shape index (κ2) is 12.9. The number of hydrogen-bond acceptors (Lipinski definition) is 4. The maximum absolute atomic E-state index is 12.8. The summed E-state index contributed by atoms with van der Waals surface area (Å²) in [6.07, 6.45) is 4.38. The van der Waals surface area contributed by atoms with Crippen LogP contribution in [0.15, 0.2) is 85.1 Å². The van der Waals surface area contributed by atoms with Crippen molar-refractivity contribution >= 4 is 22.6 Å². The number of anilines is 1. The average molecular weight is 526 g/mol. The van der Waals surface area contributed by atoms with E-state index in [0.29, 0.717) is 13.1 Å². The van der Waals surface area contributed by atoms with Crippen molar-refractivity contribution < 1.29 is 9.90 Å². The lowest BCUT2D eigenvalue weighted by atomic mass is 10.0. The number of rotatable bonds is 10. The van der Waals surface area contributed by atoms with Gasteiger partial charge in [0.05, 0.1) is 11.8 Å². The summed E-state index contributed by atoms with van der Waals surface area (Å²) in [5.74, 6) is 0. The van der Waals surface area contributed by atoms with Gasteiger partial charge in [-0.25, -0.2) is 4.79 Å². The highest BCUT2D eigenvalue weighted by atomic mass is 16.3. The molecule has 5 rings (SSSR count). The third kappa shape index (κ3) is 7.26. The van der Waals surface area contributed by atoms with E-state index < -0.39 is 6.10 Å². The number of fused-ring (bicyclic) bond motifs is 1. The average Bonchev–Trinajstić information content (AvgIpc) is 3.37. The highest BCUT2D eigenvalue weighted by molar-refractivity contribution is 5.94. The number of piperidine rings is 1. The van der Waals surface area contributed by atoms with Gasteiger partial charge in [0.15, 0.2) is 0 Å². The molecular weight excluding hydrogens is 486 g/mol. The van der Waals surface area contributed by atoms with Crippen LogP contribution in [0.3, 0.4) is 0 Å². The maximum atomic E-state index is 12.8. The Bertz CT molecular complexity index is 1350. The van der Waals surface area contributed by atoms with Crippen LogP contribution in [-0.4, -0.2) is 77.8 Å². The Morgan fingerprint density at radius 2 is 1.74 bits per heavy atom. The second-order valence-corrected chi connectivity index (χ2v) is 10.6. The van der Waals surface area contributed by atoms with Gasteiger partial charge >= 0.3 is 6.03 Å². The van der Waals surface area contributed by atoms with E-state index in [1.165, 1.54) is 16.5 Å². The molecule has 39 heavy (non-hydrogen) atoms. The molecule has 0 saturated carbocycles. The molecule has 2 amide bonds. The molecule has 4 aromatic rings. The van der Waals surface area contributed by atoms with Crippen molar-refractivity contribution in [2.75, 3.05) is 45.1 Å². The van der Waals surface area contributed by atoms with Crippen molar-refractivity contribution in [2.24, 2.45) is 0 Å². The summed E-state index contributed by atoms with van der Waals surface area (Å²) < 4.78 is 0. The van der Waals surface area contributed by atoms with Crippen molar-refractivity contribution in [3.63, 3.8) is 0 Å². The zero-order chi connectivity index (χ0) is 27.0. The molecule has 1 atom stereocenters. The smallest absolute Gasteiger partial charge is 0.319 e. The Labute approximate surface area is 230 Å². The fourth-order valence-electron chi connectivity index (χ4n) is 5.52. The quantitative estimate of drug-likeness (QED) is 0.236. The number of para-hydroxylation sites is 2. The van der Waals surface area contributed by atoms with Crippen LogP contribution in [0.25, 0.3) is 22.0 Å². The van der Waals surface area contributed by atoms with Crippen molar-refractivity contribution in [1.29, 1.82) is 0 Å². The zero-order valence-electron chi connectivity index (χ0n) is 22.6. The first-order chi connectivity index (χ1) is 19.0. The van der Waals surface area contributed by atoms with Crippen LogP contribution in [0.2, 0.25) is 0 Å². The third-order valence-electron chi connectivity index (χ3n) is 7.61. The summed E-state index contributed by atoms with van der Waals surface area (Å²) in [7, 11) is 2.07. The standard InChI is InChI=1S/C32H39N5O2/c1-36(18-15-25-21-33-30-13-7-5-12-29(25)30)22-27(38)23-37-19-16-26(17-20-37)34-32(39)35-31-14-8-6-11-28(31)24-9-3-2-4-10-24/h2-14,21,26-27,33,38H,15-20,22-23H2,1H3,(H2,34,35,39). The van der Waals surface area contributed by atoms with Crippen LogP contribution in [0.4, 0.5) is 10.5 Å². The van der Waals surface area contributed by atoms with Crippen LogP contribution < -0.4 is 10.6 Å². The van der Waals surface area contributed by atoms with Gasteiger partial charge in [0, 0.05) is 61.4 Å². The van der Waals surface area contributed by atoms with Crippen LogP contribution >= 0.6 is 0 Å². The number of hydrogen-bond donors (Lipinski definition) is 4. The van der Waals surface area contributed by atoms with E-state index in [1.807, 2.05) is 60.7 Å². The van der Waals surface area contributed by atoms with E-state index in [0.717, 1.165) is 55.7 Å². The summed E-state index contributed by atoms with van der Waals surface area (Å²) in [4.78, 5) is 20.6. The molecule has 4 N–H and O–H groups in total. The second-order valence-electron chi connectivity index (χ2n) is 10.6. The molecule has 0 bridgehead atoms. The fourth-order valence-corrected chi connectivity index (χ4v) is 5.52. The minimum atomic E-state index is -0.403. The molecule has 1 saturated heterocycles. The molecule has 1 unspecified atom stereocenters. The third-order valence-corrected chi connectivity index (χ3v) is 7.61. The van der Waals surface area contributed by atoms with Gasteiger partial charge in [0.2, 0.25) is 0 Å². The van der Waals surface area contributed by atoms with E-state index in [1.54, 1.807) is 0 Å². The molecule has 1 aliphatic heterocycles. The Kier molecular flexibility index (Phi) is 8.93. The fraction of sp³-hybridized carbons (Fsp3) is 0.344. The van der Waals surface area contributed by atoms with Gasteiger partial charge < -0.3 is 30.5 Å². The number of β-amino-alcohol motifs (C(OH)–C–C–N with tert-alkyl or cyclic N) is 1. The number of aliphatic hydroxyl groups excluding tert-OH is 1. The monoisotopic (exact) mass is 525 g/mol. The summed E-state index contributed by atoms with van der Waals surface area (Å²) in [5, 5.41) is 18.2. The van der Waals surface area contributed by atoms with Crippen molar-refractivity contribution in [2.45, 2.75) is 31.4 Å². The number of likely N-dealkylation sites (N-methyl/N-ethyl adjacent to an activating group) is 1. The molecule has 7 heteroatoms. The Morgan fingerprint density at radius 3 is 2.56 bits per heavy atom. The first-order valence-electron chi connectivity index (χ1n) is 13.9. The molecule has 1 aromatic heterocycles. The van der Waals surface area contributed by atoms with E-state index in [4.69, 9.17) is 0 Å². The van der Waals surface area contributed by atoms with Crippen molar-refractivity contribution in [1.82, 2.24) is 20.1 Å². The molecule has 0 aliphatic carbocycles. The number of aromatic nitrogens is 1. The molecule has 7 nitrogen and oxygen atoms in total. The van der Waals surface area contributed by atoms with E-state index >= 15 is 0 Å². The van der Waals surface area contributed by atoms with Gasteiger partial charge in [-0.3, -0.25) is 0 Å². The SMILES string of the molecule is CN(CCc1c[nH]c2ccccc12)CC(O)CN1CCC(NC(=O)Nc2ccccc2-c2ccccc2)CC1. The van der Waals surface area contributed by atoms with Crippen molar-refractivity contribution in [3.8, 4) is 11.1 Å². The number of carbonyl (C=O) groups excluding carboxylic acids is 1. The molecule has 1 fully saturated rings. The van der Waals surface area contributed by atoms with Crippen LogP contribution in [-0.2, 0) is 6.42 Å². The minimum Gasteiger partial charge on any atom is -0.390 e. The van der Waals surface area contributed by atoms with E-state index in [2.05, 4.69) is 56.9 Å². The first kappa shape index (κ1) is 26.9. The highest BCUT2D eigenvalue weighted by Crippen LogP contribution is 2.27. The summed E-state index contributed by atoms with van der Waals surface area (Å²) >= 11 is 0. The number of benzene rings is 3. The molecule has 0 spiro atoms.